The molecule has 1 rings (SSSR count). The molecule has 0 aromatic carbocycles. The summed E-state index contributed by atoms with van der Waals surface area (Å²) in [5.41, 5.74) is 8.57. The van der Waals surface area contributed by atoms with Gasteiger partial charge in [0.15, 0.2) is 0 Å². The van der Waals surface area contributed by atoms with E-state index in [1.54, 1.807) is 0 Å². The Kier molecular flexibility index (Phi) is 2.00. The van der Waals surface area contributed by atoms with Gasteiger partial charge < -0.3 is 10.9 Å². The van der Waals surface area contributed by atoms with Gasteiger partial charge in [0.05, 0.1) is 0 Å². The van der Waals surface area contributed by atoms with Crippen LogP contribution in [-0.4, -0.2) is 0 Å². The molecule has 0 saturated carbocycles. The first-order chi connectivity index (χ1) is 4.70. The summed E-state index contributed by atoms with van der Waals surface area (Å²) in [6.45, 7) is 6.35. The SMILES string of the molecule is CC1=CC=C(C(C)C)NN1. The summed E-state index contributed by atoms with van der Waals surface area (Å²) in [7, 11) is 0. The highest BCUT2D eigenvalue weighted by atomic mass is 15.4. The van der Waals surface area contributed by atoms with Crippen LogP contribution >= 0.6 is 0 Å². The van der Waals surface area contributed by atoms with E-state index in [9.17, 15) is 0 Å². The number of hydrogen-bond donors (Lipinski definition) is 2. The summed E-state index contributed by atoms with van der Waals surface area (Å²) < 4.78 is 0. The van der Waals surface area contributed by atoms with Gasteiger partial charge in [-0.2, -0.15) is 0 Å². The third-order valence-electron chi connectivity index (χ3n) is 1.54. The molecule has 0 saturated heterocycles. The van der Waals surface area contributed by atoms with E-state index in [4.69, 9.17) is 0 Å². The molecule has 0 amide bonds. The fourth-order valence-corrected chi connectivity index (χ4v) is 0.806. The maximum atomic E-state index is 3.11. The number of hydrogen-bond acceptors (Lipinski definition) is 2. The fraction of sp³-hybridized carbons (Fsp3) is 0.500. The quantitative estimate of drug-likeness (QED) is 0.574. The second-order valence-electron chi connectivity index (χ2n) is 2.88. The zero-order valence-corrected chi connectivity index (χ0v) is 6.73. The van der Waals surface area contributed by atoms with Gasteiger partial charge in [0.2, 0.25) is 0 Å². The molecule has 2 nitrogen and oxygen atoms in total. The van der Waals surface area contributed by atoms with Crippen molar-refractivity contribution in [2.75, 3.05) is 0 Å². The van der Waals surface area contributed by atoms with Crippen LogP contribution in [-0.2, 0) is 0 Å². The molecular formula is C8H14N2. The van der Waals surface area contributed by atoms with E-state index in [2.05, 4.69) is 36.9 Å². The van der Waals surface area contributed by atoms with E-state index in [-0.39, 0.29) is 0 Å². The molecule has 0 aliphatic carbocycles. The van der Waals surface area contributed by atoms with Gasteiger partial charge in [0.25, 0.3) is 0 Å². The van der Waals surface area contributed by atoms with Crippen molar-refractivity contribution < 1.29 is 0 Å². The molecule has 0 bridgehead atoms. The highest BCUT2D eigenvalue weighted by Crippen LogP contribution is 2.08. The lowest BCUT2D eigenvalue weighted by Crippen LogP contribution is -2.33. The molecule has 0 radical (unpaired) electrons. The Morgan fingerprint density at radius 1 is 1.20 bits per heavy atom. The first-order valence-electron chi connectivity index (χ1n) is 3.60. The van der Waals surface area contributed by atoms with Gasteiger partial charge in [-0.25, -0.2) is 0 Å². The molecule has 0 aromatic heterocycles. The predicted molar refractivity (Wildman–Crippen MR) is 42.9 cm³/mol. The van der Waals surface area contributed by atoms with Crippen molar-refractivity contribution in [2.24, 2.45) is 5.92 Å². The van der Waals surface area contributed by atoms with E-state index in [0.29, 0.717) is 5.92 Å². The van der Waals surface area contributed by atoms with Crippen LogP contribution in [0.25, 0.3) is 0 Å². The molecule has 0 fully saturated rings. The van der Waals surface area contributed by atoms with Crippen LogP contribution < -0.4 is 10.9 Å². The van der Waals surface area contributed by atoms with Gasteiger partial charge in [0.1, 0.15) is 0 Å². The minimum absolute atomic E-state index is 0.567. The monoisotopic (exact) mass is 138 g/mol. The first-order valence-corrected chi connectivity index (χ1v) is 3.60. The topological polar surface area (TPSA) is 24.1 Å². The molecule has 2 heteroatoms. The zero-order valence-electron chi connectivity index (χ0n) is 6.73. The summed E-state index contributed by atoms with van der Waals surface area (Å²) in [5, 5.41) is 0. The van der Waals surface area contributed by atoms with Crippen LogP contribution in [0.2, 0.25) is 0 Å². The molecular weight excluding hydrogens is 124 g/mol. The number of rotatable bonds is 1. The Labute approximate surface area is 62.0 Å². The molecule has 0 spiro atoms. The lowest BCUT2D eigenvalue weighted by Gasteiger charge is -2.19. The second kappa shape index (κ2) is 2.78. The Bertz CT molecular complexity index is 178. The highest BCUT2D eigenvalue weighted by molar-refractivity contribution is 5.19. The van der Waals surface area contributed by atoms with Crippen LogP contribution in [0.5, 0.6) is 0 Å². The Balaban J connectivity index is 2.64. The summed E-state index contributed by atoms with van der Waals surface area (Å²) in [6.07, 6.45) is 4.18. The molecule has 0 unspecified atom stereocenters. The van der Waals surface area contributed by atoms with E-state index < -0.39 is 0 Å². The van der Waals surface area contributed by atoms with Crippen molar-refractivity contribution in [2.45, 2.75) is 20.8 Å². The van der Waals surface area contributed by atoms with Gasteiger partial charge in [-0.3, -0.25) is 0 Å². The van der Waals surface area contributed by atoms with E-state index in [1.165, 1.54) is 5.70 Å². The minimum Gasteiger partial charge on any atom is -0.306 e. The normalized spacial score (nSPS) is 17.2. The third kappa shape index (κ3) is 1.53. The van der Waals surface area contributed by atoms with E-state index in [1.807, 2.05) is 6.92 Å². The average Bonchev–Trinajstić information content (AvgIpc) is 1.88. The van der Waals surface area contributed by atoms with Crippen molar-refractivity contribution in [1.29, 1.82) is 0 Å². The molecule has 0 atom stereocenters. The maximum absolute atomic E-state index is 3.11. The smallest absolute Gasteiger partial charge is 0.0339 e. The molecule has 1 aliphatic heterocycles. The lowest BCUT2D eigenvalue weighted by atomic mass is 10.1. The maximum Gasteiger partial charge on any atom is 0.0339 e. The van der Waals surface area contributed by atoms with Crippen molar-refractivity contribution in [3.8, 4) is 0 Å². The molecule has 2 N–H and O–H groups in total. The van der Waals surface area contributed by atoms with Gasteiger partial charge in [-0.05, 0) is 25.0 Å². The predicted octanol–water partition coefficient (Wildman–Crippen LogP) is 1.54. The second-order valence-corrected chi connectivity index (χ2v) is 2.88. The third-order valence-corrected chi connectivity index (χ3v) is 1.54. The minimum atomic E-state index is 0.567. The van der Waals surface area contributed by atoms with Gasteiger partial charge in [-0.1, -0.05) is 13.8 Å². The van der Waals surface area contributed by atoms with Crippen molar-refractivity contribution in [1.82, 2.24) is 10.9 Å². The molecule has 1 heterocycles. The fourth-order valence-electron chi connectivity index (χ4n) is 0.806. The van der Waals surface area contributed by atoms with Crippen LogP contribution in [0.4, 0.5) is 0 Å². The number of hydrazine groups is 1. The molecule has 10 heavy (non-hydrogen) atoms. The number of allylic oxidation sites excluding steroid dienone is 4. The summed E-state index contributed by atoms with van der Waals surface area (Å²) in [5.74, 6) is 0.567. The summed E-state index contributed by atoms with van der Waals surface area (Å²) >= 11 is 0. The highest BCUT2D eigenvalue weighted by Gasteiger charge is 2.03. The van der Waals surface area contributed by atoms with E-state index >= 15 is 0 Å². The average molecular weight is 138 g/mol. The lowest BCUT2D eigenvalue weighted by molar-refractivity contribution is 0.586. The van der Waals surface area contributed by atoms with Gasteiger partial charge in [0, 0.05) is 11.4 Å². The molecule has 1 aliphatic rings. The Hall–Kier alpha value is -0.920. The Morgan fingerprint density at radius 3 is 2.30 bits per heavy atom. The van der Waals surface area contributed by atoms with Crippen molar-refractivity contribution in [3.05, 3.63) is 23.5 Å². The number of nitrogens with one attached hydrogen (secondary N) is 2. The van der Waals surface area contributed by atoms with E-state index in [0.717, 1.165) is 5.70 Å². The Morgan fingerprint density at radius 2 is 1.90 bits per heavy atom. The summed E-state index contributed by atoms with van der Waals surface area (Å²) in [6, 6.07) is 0. The van der Waals surface area contributed by atoms with Crippen LogP contribution in [0.15, 0.2) is 23.5 Å². The van der Waals surface area contributed by atoms with Crippen LogP contribution in [0.1, 0.15) is 20.8 Å². The van der Waals surface area contributed by atoms with Crippen molar-refractivity contribution >= 4 is 0 Å². The van der Waals surface area contributed by atoms with Crippen molar-refractivity contribution in [3.63, 3.8) is 0 Å². The molecule has 56 valence electrons. The van der Waals surface area contributed by atoms with Crippen LogP contribution in [0.3, 0.4) is 0 Å². The summed E-state index contributed by atoms with van der Waals surface area (Å²) in [4.78, 5) is 0. The zero-order chi connectivity index (χ0) is 7.56. The largest absolute Gasteiger partial charge is 0.306 e. The van der Waals surface area contributed by atoms with Gasteiger partial charge in [-0.15, -0.1) is 0 Å². The first kappa shape index (κ1) is 7.19. The molecule has 0 aromatic rings. The standard InChI is InChI=1S/C8H14N2/c1-6(2)8-5-4-7(3)9-10-8/h4-6,9-10H,1-3H3. The van der Waals surface area contributed by atoms with Gasteiger partial charge >= 0.3 is 0 Å². The van der Waals surface area contributed by atoms with Crippen LogP contribution in [0, 0.1) is 5.92 Å².